The number of para-hydroxylation sites is 1. The van der Waals surface area contributed by atoms with Crippen LogP contribution in [0.15, 0.2) is 42.2 Å². The van der Waals surface area contributed by atoms with Gasteiger partial charge in [-0.25, -0.2) is 4.79 Å². The van der Waals surface area contributed by atoms with Crippen LogP contribution in [0.25, 0.3) is 0 Å². The molecule has 0 aliphatic heterocycles. The Labute approximate surface area is 98.7 Å². The second kappa shape index (κ2) is 6.32. The summed E-state index contributed by atoms with van der Waals surface area (Å²) in [4.78, 5) is 22.2. The number of nitrogens with one attached hydrogen (secondary N) is 1. The van der Waals surface area contributed by atoms with Crippen LogP contribution in [-0.4, -0.2) is 23.6 Å². The number of ether oxygens (including phenoxy) is 1. The molecule has 0 unspecified atom stereocenters. The van der Waals surface area contributed by atoms with Crippen LogP contribution in [-0.2, 0) is 14.3 Å². The van der Waals surface area contributed by atoms with Crippen LogP contribution in [0.2, 0.25) is 0 Å². The summed E-state index contributed by atoms with van der Waals surface area (Å²) in [7, 11) is 0. The Morgan fingerprint density at radius 3 is 2.53 bits per heavy atom. The van der Waals surface area contributed by atoms with Gasteiger partial charge in [0.15, 0.2) is 0 Å². The Bertz CT molecular complexity index is 425. The third kappa shape index (κ3) is 4.38. The van der Waals surface area contributed by atoms with Crippen molar-refractivity contribution in [2.45, 2.75) is 6.92 Å². The molecule has 2 N–H and O–H groups in total. The van der Waals surface area contributed by atoms with Crippen molar-refractivity contribution in [3.05, 3.63) is 42.2 Å². The van der Waals surface area contributed by atoms with E-state index in [-0.39, 0.29) is 12.4 Å². The molecule has 90 valence electrons. The van der Waals surface area contributed by atoms with Gasteiger partial charge in [0, 0.05) is 5.69 Å². The zero-order valence-corrected chi connectivity index (χ0v) is 9.34. The van der Waals surface area contributed by atoms with Gasteiger partial charge in [0.2, 0.25) is 5.76 Å². The Hall–Kier alpha value is -2.30. The summed E-state index contributed by atoms with van der Waals surface area (Å²) in [5.41, 5.74) is 0.593. The molecular formula is C12H13NO4. The zero-order valence-electron chi connectivity index (χ0n) is 9.34. The normalized spacial score (nSPS) is 10.8. The lowest BCUT2D eigenvalue weighted by molar-refractivity contribution is -0.136. The molecule has 1 aromatic carbocycles. The van der Waals surface area contributed by atoms with Gasteiger partial charge in [-0.3, -0.25) is 4.79 Å². The molecule has 0 saturated carbocycles. The summed E-state index contributed by atoms with van der Waals surface area (Å²) in [5.74, 6) is -2.18. The summed E-state index contributed by atoms with van der Waals surface area (Å²) in [5, 5.41) is 11.3. The number of carbonyl (C=O) groups excluding carboxylic acids is 1. The monoisotopic (exact) mass is 235 g/mol. The maximum atomic E-state index is 11.5. The molecule has 1 amide bonds. The van der Waals surface area contributed by atoms with Gasteiger partial charge in [-0.1, -0.05) is 18.2 Å². The summed E-state index contributed by atoms with van der Waals surface area (Å²) >= 11 is 0. The average Bonchev–Trinajstić information content (AvgIpc) is 2.29. The predicted octanol–water partition coefficient (Wildman–Crippen LogP) is 1.63. The highest BCUT2D eigenvalue weighted by Gasteiger charge is 2.10. The predicted molar refractivity (Wildman–Crippen MR) is 62.4 cm³/mol. The highest BCUT2D eigenvalue weighted by Crippen LogP contribution is 2.06. The smallest absolute Gasteiger partial charge is 0.371 e. The van der Waals surface area contributed by atoms with Crippen LogP contribution in [0.3, 0.4) is 0 Å². The molecule has 0 aliphatic carbocycles. The fourth-order valence-corrected chi connectivity index (χ4v) is 1.14. The van der Waals surface area contributed by atoms with Gasteiger partial charge in [-0.05, 0) is 19.1 Å². The lowest BCUT2D eigenvalue weighted by Gasteiger charge is -2.04. The van der Waals surface area contributed by atoms with E-state index in [0.717, 1.165) is 6.08 Å². The first-order chi connectivity index (χ1) is 8.13. The van der Waals surface area contributed by atoms with E-state index in [4.69, 9.17) is 9.84 Å². The molecule has 1 aromatic rings. The molecule has 5 heteroatoms. The molecule has 0 bridgehead atoms. The van der Waals surface area contributed by atoms with Gasteiger partial charge in [0.05, 0.1) is 12.7 Å². The van der Waals surface area contributed by atoms with E-state index in [1.165, 1.54) is 0 Å². The zero-order chi connectivity index (χ0) is 12.7. The molecule has 0 aliphatic rings. The number of amides is 1. The van der Waals surface area contributed by atoms with Gasteiger partial charge in [0.25, 0.3) is 5.91 Å². The number of hydrogen-bond acceptors (Lipinski definition) is 3. The molecule has 5 nitrogen and oxygen atoms in total. The molecule has 0 saturated heterocycles. The van der Waals surface area contributed by atoms with Gasteiger partial charge in [0.1, 0.15) is 0 Å². The maximum Gasteiger partial charge on any atom is 0.371 e. The first-order valence-corrected chi connectivity index (χ1v) is 5.07. The van der Waals surface area contributed by atoms with E-state index in [0.29, 0.717) is 5.69 Å². The number of benzene rings is 1. The fourth-order valence-electron chi connectivity index (χ4n) is 1.14. The van der Waals surface area contributed by atoms with Crippen LogP contribution in [0.1, 0.15) is 6.92 Å². The molecule has 17 heavy (non-hydrogen) atoms. The topological polar surface area (TPSA) is 75.6 Å². The number of carboxylic acid groups (broad SMARTS) is 1. The summed E-state index contributed by atoms with van der Waals surface area (Å²) in [6.45, 7) is 1.84. The van der Waals surface area contributed by atoms with E-state index in [2.05, 4.69) is 5.32 Å². The van der Waals surface area contributed by atoms with Crippen molar-refractivity contribution in [3.8, 4) is 0 Å². The fraction of sp³-hybridized carbons (Fsp3) is 0.167. The van der Waals surface area contributed by atoms with Crippen LogP contribution in [0.4, 0.5) is 5.69 Å². The Balaban J connectivity index is 2.70. The van der Waals surface area contributed by atoms with Gasteiger partial charge < -0.3 is 15.2 Å². The third-order valence-corrected chi connectivity index (χ3v) is 1.81. The lowest BCUT2D eigenvalue weighted by Crippen LogP contribution is -2.13. The second-order valence-corrected chi connectivity index (χ2v) is 3.10. The number of carbonyl (C=O) groups is 2. The van der Waals surface area contributed by atoms with Gasteiger partial charge in [-0.2, -0.15) is 0 Å². The van der Waals surface area contributed by atoms with Crippen molar-refractivity contribution >= 4 is 17.6 Å². The minimum atomic E-state index is -1.27. The number of carboxylic acids is 1. The molecule has 0 atom stereocenters. The maximum absolute atomic E-state index is 11.5. The average molecular weight is 235 g/mol. The highest BCUT2D eigenvalue weighted by molar-refractivity contribution is 6.03. The number of aliphatic carboxylic acids is 1. The first kappa shape index (κ1) is 12.8. The van der Waals surface area contributed by atoms with E-state index in [9.17, 15) is 9.59 Å². The van der Waals surface area contributed by atoms with Crippen molar-refractivity contribution in [1.29, 1.82) is 0 Å². The molecule has 0 aromatic heterocycles. The summed E-state index contributed by atoms with van der Waals surface area (Å²) in [6.07, 6.45) is 0.916. The minimum absolute atomic E-state index is 0.191. The van der Waals surface area contributed by atoms with Crippen LogP contribution >= 0.6 is 0 Å². The third-order valence-electron chi connectivity index (χ3n) is 1.81. The lowest BCUT2D eigenvalue weighted by atomic mass is 10.3. The van der Waals surface area contributed by atoms with Crippen molar-refractivity contribution in [2.75, 3.05) is 11.9 Å². The molecular weight excluding hydrogens is 222 g/mol. The molecule has 1 rings (SSSR count). The standard InChI is InChI=1S/C12H13NO4/c1-2-17-10(12(15)16)8-11(14)13-9-6-4-3-5-7-9/h3-8H,2H2,1H3,(H,13,14)(H,15,16)/b10-8+. The Morgan fingerprint density at radius 2 is 2.00 bits per heavy atom. The SMILES string of the molecule is CCO/C(=C/C(=O)Nc1ccccc1)C(=O)O. The van der Waals surface area contributed by atoms with Gasteiger partial charge >= 0.3 is 5.97 Å². The summed E-state index contributed by atoms with van der Waals surface area (Å²) in [6, 6.07) is 8.74. The quantitative estimate of drug-likeness (QED) is 0.600. The molecule has 0 spiro atoms. The Morgan fingerprint density at radius 1 is 1.35 bits per heavy atom. The van der Waals surface area contributed by atoms with Gasteiger partial charge in [-0.15, -0.1) is 0 Å². The number of rotatable bonds is 5. The van der Waals surface area contributed by atoms with E-state index >= 15 is 0 Å². The molecule has 0 heterocycles. The van der Waals surface area contributed by atoms with Crippen molar-refractivity contribution in [3.63, 3.8) is 0 Å². The Kier molecular flexibility index (Phi) is 4.75. The summed E-state index contributed by atoms with van der Waals surface area (Å²) < 4.78 is 4.81. The van der Waals surface area contributed by atoms with Crippen molar-refractivity contribution in [2.24, 2.45) is 0 Å². The van der Waals surface area contributed by atoms with E-state index in [1.807, 2.05) is 6.07 Å². The minimum Gasteiger partial charge on any atom is -0.487 e. The molecule has 0 radical (unpaired) electrons. The second-order valence-electron chi connectivity index (χ2n) is 3.10. The van der Waals surface area contributed by atoms with E-state index < -0.39 is 11.9 Å². The number of anilines is 1. The number of hydrogen-bond donors (Lipinski definition) is 2. The van der Waals surface area contributed by atoms with Crippen molar-refractivity contribution in [1.82, 2.24) is 0 Å². The highest BCUT2D eigenvalue weighted by atomic mass is 16.5. The molecule has 0 fully saturated rings. The van der Waals surface area contributed by atoms with Crippen LogP contribution < -0.4 is 5.32 Å². The van der Waals surface area contributed by atoms with Crippen molar-refractivity contribution < 1.29 is 19.4 Å². The van der Waals surface area contributed by atoms with E-state index in [1.54, 1.807) is 31.2 Å². The first-order valence-electron chi connectivity index (χ1n) is 5.07. The van der Waals surface area contributed by atoms with Crippen LogP contribution in [0, 0.1) is 0 Å². The van der Waals surface area contributed by atoms with Crippen LogP contribution in [0.5, 0.6) is 0 Å². The largest absolute Gasteiger partial charge is 0.487 e.